The van der Waals surface area contributed by atoms with Gasteiger partial charge in [0.05, 0.1) is 0 Å². The molecule has 1 fully saturated rings. The van der Waals surface area contributed by atoms with E-state index in [1.165, 1.54) is 5.56 Å². The maximum absolute atomic E-state index is 9.19. The lowest BCUT2D eigenvalue weighted by molar-refractivity contribution is 0.211. The normalized spacial score (nSPS) is 18.6. The van der Waals surface area contributed by atoms with Gasteiger partial charge in [-0.1, -0.05) is 6.07 Å². The van der Waals surface area contributed by atoms with E-state index in [9.17, 15) is 5.11 Å². The van der Waals surface area contributed by atoms with Crippen molar-refractivity contribution in [3.63, 3.8) is 0 Å². The van der Waals surface area contributed by atoms with Crippen molar-refractivity contribution in [2.45, 2.75) is 26.2 Å². The maximum atomic E-state index is 9.19. The first-order chi connectivity index (χ1) is 6.26. The highest BCUT2D eigenvalue weighted by Gasteiger charge is 2.42. The summed E-state index contributed by atoms with van der Waals surface area (Å²) in [6.45, 7) is 2.35. The lowest BCUT2D eigenvalue weighted by Crippen LogP contribution is -2.11. The van der Waals surface area contributed by atoms with Gasteiger partial charge >= 0.3 is 0 Å². The predicted molar refractivity (Wildman–Crippen MR) is 51.4 cm³/mol. The van der Waals surface area contributed by atoms with E-state index in [0.717, 1.165) is 25.0 Å². The summed E-state index contributed by atoms with van der Waals surface area (Å²) < 4.78 is 0. The van der Waals surface area contributed by atoms with E-state index in [2.05, 4.69) is 11.1 Å². The molecule has 13 heavy (non-hydrogen) atoms. The SMILES string of the molecule is Cc1ncccc1CC1(CO)CC1. The average Bonchev–Trinajstić information content (AvgIpc) is 2.90. The van der Waals surface area contributed by atoms with Crippen molar-refractivity contribution in [3.8, 4) is 0 Å². The molecule has 0 aliphatic heterocycles. The van der Waals surface area contributed by atoms with Crippen molar-refractivity contribution in [2.75, 3.05) is 6.61 Å². The predicted octanol–water partition coefficient (Wildman–Crippen LogP) is 1.71. The number of aromatic nitrogens is 1. The van der Waals surface area contributed by atoms with Crippen LogP contribution in [0.5, 0.6) is 0 Å². The summed E-state index contributed by atoms with van der Waals surface area (Å²) in [6.07, 6.45) is 5.14. The Morgan fingerprint density at radius 1 is 1.54 bits per heavy atom. The highest BCUT2D eigenvalue weighted by molar-refractivity contribution is 5.21. The fraction of sp³-hybridized carbons (Fsp3) is 0.545. The second kappa shape index (κ2) is 3.11. The molecule has 0 bridgehead atoms. The molecule has 1 heterocycles. The van der Waals surface area contributed by atoms with Crippen molar-refractivity contribution < 1.29 is 5.11 Å². The maximum Gasteiger partial charge on any atom is 0.0490 e. The number of hydrogen-bond donors (Lipinski definition) is 1. The molecule has 0 amide bonds. The van der Waals surface area contributed by atoms with Gasteiger partial charge in [0, 0.05) is 18.5 Å². The van der Waals surface area contributed by atoms with Gasteiger partial charge in [0.25, 0.3) is 0 Å². The van der Waals surface area contributed by atoms with Crippen LogP contribution in [0.1, 0.15) is 24.1 Å². The van der Waals surface area contributed by atoms with E-state index >= 15 is 0 Å². The number of pyridine rings is 1. The standard InChI is InChI=1S/C11H15NO/c1-9-10(3-2-6-12-9)7-11(8-13)4-5-11/h2-3,6,13H,4-5,7-8H2,1H3. The third-order valence-electron chi connectivity index (χ3n) is 2.97. The summed E-state index contributed by atoms with van der Waals surface area (Å²) in [5, 5.41) is 9.19. The Balaban J connectivity index is 2.14. The molecule has 2 heteroatoms. The fourth-order valence-electron chi connectivity index (χ4n) is 1.68. The van der Waals surface area contributed by atoms with Crippen molar-refractivity contribution in [1.29, 1.82) is 0 Å². The lowest BCUT2D eigenvalue weighted by atomic mass is 9.97. The van der Waals surface area contributed by atoms with Gasteiger partial charge < -0.3 is 5.11 Å². The highest BCUT2D eigenvalue weighted by Crippen LogP contribution is 2.47. The van der Waals surface area contributed by atoms with Crippen LogP contribution < -0.4 is 0 Å². The number of aliphatic hydroxyl groups is 1. The van der Waals surface area contributed by atoms with Crippen LogP contribution >= 0.6 is 0 Å². The minimum Gasteiger partial charge on any atom is -0.396 e. The summed E-state index contributed by atoms with van der Waals surface area (Å²) in [4.78, 5) is 4.24. The zero-order chi connectivity index (χ0) is 9.31. The molecule has 1 N–H and O–H groups in total. The molecule has 1 aliphatic carbocycles. The van der Waals surface area contributed by atoms with E-state index in [1.807, 2.05) is 19.2 Å². The van der Waals surface area contributed by atoms with Crippen LogP contribution in [0.3, 0.4) is 0 Å². The first-order valence-electron chi connectivity index (χ1n) is 4.77. The minimum atomic E-state index is 0.202. The quantitative estimate of drug-likeness (QED) is 0.762. The molecule has 1 aliphatic rings. The molecule has 1 saturated carbocycles. The van der Waals surface area contributed by atoms with Gasteiger partial charge in [0.1, 0.15) is 0 Å². The van der Waals surface area contributed by atoms with Crippen LogP contribution in [0.25, 0.3) is 0 Å². The summed E-state index contributed by atoms with van der Waals surface area (Å²) >= 11 is 0. The van der Waals surface area contributed by atoms with Crippen LogP contribution in [-0.4, -0.2) is 16.7 Å². The van der Waals surface area contributed by atoms with Crippen LogP contribution in [0, 0.1) is 12.3 Å². The first-order valence-corrected chi connectivity index (χ1v) is 4.77. The van der Waals surface area contributed by atoms with Crippen LogP contribution in [0.15, 0.2) is 18.3 Å². The van der Waals surface area contributed by atoms with Gasteiger partial charge in [0.15, 0.2) is 0 Å². The number of aryl methyl sites for hydroxylation is 1. The van der Waals surface area contributed by atoms with Crippen molar-refractivity contribution in [1.82, 2.24) is 4.98 Å². The Hall–Kier alpha value is -0.890. The van der Waals surface area contributed by atoms with Gasteiger partial charge in [0.2, 0.25) is 0 Å². The largest absolute Gasteiger partial charge is 0.396 e. The summed E-state index contributed by atoms with van der Waals surface area (Å²) in [5.74, 6) is 0. The Morgan fingerprint density at radius 2 is 2.31 bits per heavy atom. The van der Waals surface area contributed by atoms with E-state index < -0.39 is 0 Å². The molecular formula is C11H15NO. The van der Waals surface area contributed by atoms with E-state index in [-0.39, 0.29) is 5.41 Å². The molecule has 0 atom stereocenters. The van der Waals surface area contributed by atoms with Gasteiger partial charge in [-0.15, -0.1) is 0 Å². The smallest absolute Gasteiger partial charge is 0.0490 e. The third-order valence-corrected chi connectivity index (χ3v) is 2.97. The molecular weight excluding hydrogens is 162 g/mol. The molecule has 0 aromatic carbocycles. The van der Waals surface area contributed by atoms with Gasteiger partial charge in [-0.3, -0.25) is 4.98 Å². The minimum absolute atomic E-state index is 0.202. The Bertz CT molecular complexity index is 305. The number of rotatable bonds is 3. The second-order valence-corrected chi connectivity index (χ2v) is 4.08. The van der Waals surface area contributed by atoms with Gasteiger partial charge in [-0.2, -0.15) is 0 Å². The molecule has 1 aromatic rings. The fourth-order valence-corrected chi connectivity index (χ4v) is 1.68. The number of nitrogens with zero attached hydrogens (tertiary/aromatic N) is 1. The van der Waals surface area contributed by atoms with Crippen molar-refractivity contribution in [3.05, 3.63) is 29.6 Å². The lowest BCUT2D eigenvalue weighted by Gasteiger charge is -2.12. The zero-order valence-electron chi connectivity index (χ0n) is 7.95. The zero-order valence-corrected chi connectivity index (χ0v) is 7.95. The summed E-state index contributed by atoms with van der Waals surface area (Å²) in [6, 6.07) is 4.08. The van der Waals surface area contributed by atoms with Crippen molar-refractivity contribution >= 4 is 0 Å². The van der Waals surface area contributed by atoms with Gasteiger partial charge in [-0.05, 0) is 43.2 Å². The molecule has 2 rings (SSSR count). The molecule has 1 aromatic heterocycles. The summed E-state index contributed by atoms with van der Waals surface area (Å²) in [5.41, 5.74) is 2.59. The van der Waals surface area contributed by atoms with E-state index in [4.69, 9.17) is 0 Å². The van der Waals surface area contributed by atoms with Crippen molar-refractivity contribution in [2.24, 2.45) is 5.41 Å². The second-order valence-electron chi connectivity index (χ2n) is 4.08. The Labute approximate surface area is 78.6 Å². The Kier molecular flexibility index (Phi) is 2.08. The van der Waals surface area contributed by atoms with Gasteiger partial charge in [-0.25, -0.2) is 0 Å². The summed E-state index contributed by atoms with van der Waals surface area (Å²) in [7, 11) is 0. The first kappa shape index (κ1) is 8.70. The topological polar surface area (TPSA) is 33.1 Å². The highest BCUT2D eigenvalue weighted by atomic mass is 16.3. The van der Waals surface area contributed by atoms with Crippen LogP contribution in [-0.2, 0) is 6.42 Å². The van der Waals surface area contributed by atoms with Crippen LogP contribution in [0.2, 0.25) is 0 Å². The monoisotopic (exact) mass is 177 g/mol. The molecule has 0 saturated heterocycles. The molecule has 0 radical (unpaired) electrons. The van der Waals surface area contributed by atoms with E-state index in [0.29, 0.717) is 6.61 Å². The average molecular weight is 177 g/mol. The molecule has 0 unspecified atom stereocenters. The Morgan fingerprint density at radius 3 is 2.85 bits per heavy atom. The van der Waals surface area contributed by atoms with E-state index in [1.54, 1.807) is 0 Å². The third kappa shape index (κ3) is 1.73. The molecule has 70 valence electrons. The number of aliphatic hydroxyl groups excluding tert-OH is 1. The molecule has 0 spiro atoms. The molecule has 2 nitrogen and oxygen atoms in total. The number of hydrogen-bond acceptors (Lipinski definition) is 2. The van der Waals surface area contributed by atoms with Crippen LogP contribution in [0.4, 0.5) is 0 Å².